The van der Waals surface area contributed by atoms with Crippen molar-refractivity contribution < 1.29 is 9.32 Å². The van der Waals surface area contributed by atoms with Gasteiger partial charge >= 0.3 is 0 Å². The first-order valence-electron chi connectivity index (χ1n) is 7.25. The van der Waals surface area contributed by atoms with Crippen molar-refractivity contribution in [2.75, 3.05) is 6.54 Å². The molecule has 0 radical (unpaired) electrons. The summed E-state index contributed by atoms with van der Waals surface area (Å²) in [6.45, 7) is 3.19. The van der Waals surface area contributed by atoms with E-state index in [0.717, 1.165) is 42.9 Å². The molecule has 7 heteroatoms. The van der Waals surface area contributed by atoms with Crippen molar-refractivity contribution in [1.29, 1.82) is 0 Å². The number of rotatable bonds is 5. The van der Waals surface area contributed by atoms with E-state index in [1.54, 1.807) is 6.33 Å². The van der Waals surface area contributed by atoms with Crippen molar-refractivity contribution in [1.82, 2.24) is 25.8 Å². The minimum Gasteiger partial charge on any atom is -0.359 e. The lowest BCUT2D eigenvalue weighted by Gasteiger charge is -2.21. The summed E-state index contributed by atoms with van der Waals surface area (Å²) in [5.74, 6) is 0.571. The number of H-pyrrole nitrogens is 1. The van der Waals surface area contributed by atoms with Gasteiger partial charge in [-0.3, -0.25) is 4.79 Å². The van der Waals surface area contributed by atoms with Gasteiger partial charge in [0.25, 0.3) is 0 Å². The molecule has 0 saturated carbocycles. The number of nitrogens with one attached hydrogen (secondary N) is 3. The smallest absolute Gasteiger partial charge is 0.243 e. The summed E-state index contributed by atoms with van der Waals surface area (Å²) < 4.78 is 5.20. The maximum absolute atomic E-state index is 12.3. The molecule has 0 spiro atoms. The Hall–Kier alpha value is -2.15. The predicted molar refractivity (Wildman–Crippen MR) is 75.4 cm³/mol. The molecule has 1 aliphatic heterocycles. The molecule has 7 nitrogen and oxygen atoms in total. The van der Waals surface area contributed by atoms with Crippen LogP contribution in [0.2, 0.25) is 0 Å². The molecule has 0 bridgehead atoms. The van der Waals surface area contributed by atoms with Crippen LogP contribution in [0.1, 0.15) is 42.2 Å². The van der Waals surface area contributed by atoms with Gasteiger partial charge in [0.2, 0.25) is 5.91 Å². The Balaban J connectivity index is 1.60. The third-order valence-electron chi connectivity index (χ3n) is 3.56. The number of carbonyl (C=O) groups is 1. The van der Waals surface area contributed by atoms with Crippen LogP contribution in [0.15, 0.2) is 16.9 Å². The number of aryl methyl sites for hydroxylation is 1. The lowest BCUT2D eigenvalue weighted by atomic mass is 10.1. The molecular weight excluding hydrogens is 270 g/mol. The Bertz CT molecular complexity index is 618. The molecule has 112 valence electrons. The van der Waals surface area contributed by atoms with Crippen LogP contribution in [0.25, 0.3) is 0 Å². The first-order chi connectivity index (χ1) is 10.3. The minimum absolute atomic E-state index is 0.100. The van der Waals surface area contributed by atoms with E-state index in [0.29, 0.717) is 12.3 Å². The average molecular weight is 289 g/mol. The van der Waals surface area contributed by atoms with Gasteiger partial charge in [-0.05, 0) is 6.42 Å². The second-order valence-corrected chi connectivity index (χ2v) is 5.16. The van der Waals surface area contributed by atoms with E-state index in [4.69, 9.17) is 4.52 Å². The van der Waals surface area contributed by atoms with Crippen LogP contribution in [-0.2, 0) is 24.2 Å². The van der Waals surface area contributed by atoms with Crippen LogP contribution < -0.4 is 10.6 Å². The quantitative estimate of drug-likeness (QED) is 0.758. The summed E-state index contributed by atoms with van der Waals surface area (Å²) in [5.41, 5.74) is 2.73. The van der Waals surface area contributed by atoms with Gasteiger partial charge in [0.15, 0.2) is 5.76 Å². The summed E-state index contributed by atoms with van der Waals surface area (Å²) in [4.78, 5) is 19.6. The number of carbonyl (C=O) groups excluding carboxylic acids is 1. The highest BCUT2D eigenvalue weighted by Crippen LogP contribution is 2.19. The third-order valence-corrected chi connectivity index (χ3v) is 3.56. The molecule has 0 aromatic carbocycles. The average Bonchev–Trinajstić information content (AvgIpc) is 3.13. The molecule has 3 N–H and O–H groups in total. The van der Waals surface area contributed by atoms with Crippen LogP contribution in [0.5, 0.6) is 0 Å². The Morgan fingerprint density at radius 1 is 1.57 bits per heavy atom. The Morgan fingerprint density at radius 3 is 3.33 bits per heavy atom. The van der Waals surface area contributed by atoms with E-state index in [1.165, 1.54) is 0 Å². The van der Waals surface area contributed by atoms with Gasteiger partial charge in [0.05, 0.1) is 24.3 Å². The minimum atomic E-state index is -0.405. The van der Waals surface area contributed by atoms with Gasteiger partial charge in [0.1, 0.15) is 6.04 Å². The Morgan fingerprint density at radius 2 is 2.48 bits per heavy atom. The summed E-state index contributed by atoms with van der Waals surface area (Å²) >= 11 is 0. The number of hydrogen-bond acceptors (Lipinski definition) is 5. The molecule has 1 atom stereocenters. The van der Waals surface area contributed by atoms with Gasteiger partial charge < -0.3 is 20.1 Å². The van der Waals surface area contributed by atoms with E-state index < -0.39 is 6.04 Å². The van der Waals surface area contributed by atoms with Gasteiger partial charge in [-0.25, -0.2) is 4.98 Å². The molecule has 1 amide bonds. The zero-order valence-electron chi connectivity index (χ0n) is 12.0. The number of imidazole rings is 1. The maximum Gasteiger partial charge on any atom is 0.243 e. The standard InChI is InChI=1S/C14H19N5O2/c1-2-3-9-6-10(21-19-9)7-16-14(20)13-12-11(4-5-15-13)17-8-18-12/h6,8,13,15H,2-5,7H2,1H3,(H,16,20)(H,17,18). The second-order valence-electron chi connectivity index (χ2n) is 5.16. The molecule has 2 aromatic rings. The first-order valence-corrected chi connectivity index (χ1v) is 7.25. The van der Waals surface area contributed by atoms with Crippen LogP contribution in [-0.4, -0.2) is 27.6 Å². The van der Waals surface area contributed by atoms with E-state index in [1.807, 2.05) is 6.07 Å². The van der Waals surface area contributed by atoms with E-state index in [-0.39, 0.29) is 5.91 Å². The lowest BCUT2D eigenvalue weighted by molar-refractivity contribution is -0.123. The van der Waals surface area contributed by atoms with Crippen molar-refractivity contribution in [3.8, 4) is 0 Å². The van der Waals surface area contributed by atoms with Crippen LogP contribution in [0, 0.1) is 0 Å². The SMILES string of the molecule is CCCc1cc(CNC(=O)C2NCCc3[nH]cnc32)on1. The molecule has 0 aliphatic carbocycles. The number of aromatic amines is 1. The molecule has 2 aromatic heterocycles. The highest BCUT2D eigenvalue weighted by molar-refractivity contribution is 5.83. The lowest BCUT2D eigenvalue weighted by Crippen LogP contribution is -2.41. The summed E-state index contributed by atoms with van der Waals surface area (Å²) in [5, 5.41) is 10.0. The predicted octanol–water partition coefficient (Wildman–Crippen LogP) is 0.853. The monoisotopic (exact) mass is 289 g/mol. The molecule has 1 unspecified atom stereocenters. The third kappa shape index (κ3) is 2.97. The molecule has 1 aliphatic rings. The Labute approximate surface area is 122 Å². The largest absolute Gasteiger partial charge is 0.359 e. The highest BCUT2D eigenvalue weighted by Gasteiger charge is 2.28. The number of fused-ring (bicyclic) bond motifs is 1. The van der Waals surface area contributed by atoms with Crippen molar-refractivity contribution in [3.05, 3.63) is 35.2 Å². The zero-order chi connectivity index (χ0) is 14.7. The molecule has 0 saturated heterocycles. The fourth-order valence-electron chi connectivity index (χ4n) is 2.52. The molecule has 0 fully saturated rings. The maximum atomic E-state index is 12.3. The summed E-state index contributed by atoms with van der Waals surface area (Å²) in [7, 11) is 0. The highest BCUT2D eigenvalue weighted by atomic mass is 16.5. The normalized spacial score (nSPS) is 17.5. The molecule has 3 rings (SSSR count). The first kappa shape index (κ1) is 13.8. The van der Waals surface area contributed by atoms with E-state index >= 15 is 0 Å². The molecule has 3 heterocycles. The van der Waals surface area contributed by atoms with Gasteiger partial charge in [-0.2, -0.15) is 0 Å². The second kappa shape index (κ2) is 6.09. The van der Waals surface area contributed by atoms with Crippen molar-refractivity contribution in [2.45, 2.75) is 38.8 Å². The number of amides is 1. The van der Waals surface area contributed by atoms with Crippen molar-refractivity contribution >= 4 is 5.91 Å². The van der Waals surface area contributed by atoms with Crippen molar-refractivity contribution in [2.24, 2.45) is 0 Å². The van der Waals surface area contributed by atoms with Crippen LogP contribution in [0.4, 0.5) is 0 Å². The molecule has 21 heavy (non-hydrogen) atoms. The van der Waals surface area contributed by atoms with Gasteiger partial charge in [0, 0.05) is 24.7 Å². The molecular formula is C14H19N5O2. The topological polar surface area (TPSA) is 95.8 Å². The Kier molecular flexibility index (Phi) is 4.01. The van der Waals surface area contributed by atoms with E-state index in [9.17, 15) is 4.79 Å². The van der Waals surface area contributed by atoms with E-state index in [2.05, 4.69) is 32.7 Å². The summed E-state index contributed by atoms with van der Waals surface area (Å²) in [6.07, 6.45) is 4.40. The van der Waals surface area contributed by atoms with Gasteiger partial charge in [-0.15, -0.1) is 0 Å². The fraction of sp³-hybridized carbons (Fsp3) is 0.500. The number of aromatic nitrogens is 3. The fourth-order valence-corrected chi connectivity index (χ4v) is 2.52. The number of hydrogen-bond donors (Lipinski definition) is 3. The van der Waals surface area contributed by atoms with Crippen molar-refractivity contribution in [3.63, 3.8) is 0 Å². The zero-order valence-corrected chi connectivity index (χ0v) is 12.0. The van der Waals surface area contributed by atoms with Crippen LogP contribution in [0.3, 0.4) is 0 Å². The van der Waals surface area contributed by atoms with Gasteiger partial charge in [-0.1, -0.05) is 18.5 Å². The summed E-state index contributed by atoms with van der Waals surface area (Å²) in [6, 6.07) is 1.48. The number of nitrogens with zero attached hydrogens (tertiary/aromatic N) is 2. The van der Waals surface area contributed by atoms with Crippen LogP contribution >= 0.6 is 0 Å².